The van der Waals surface area contributed by atoms with Crippen molar-refractivity contribution in [3.05, 3.63) is 32.7 Å². The van der Waals surface area contributed by atoms with E-state index in [1.165, 1.54) is 6.08 Å². The zero-order valence-corrected chi connectivity index (χ0v) is 18.1. The van der Waals surface area contributed by atoms with Crippen molar-refractivity contribution in [2.24, 2.45) is 5.41 Å². The fourth-order valence-electron chi connectivity index (χ4n) is 2.74. The number of hydrogen-bond acceptors (Lipinski definition) is 6. The zero-order valence-electron chi connectivity index (χ0n) is 13.3. The van der Waals surface area contributed by atoms with Crippen molar-refractivity contribution in [1.82, 2.24) is 4.98 Å². The van der Waals surface area contributed by atoms with Gasteiger partial charge in [0.2, 0.25) is 0 Å². The Kier molecular flexibility index (Phi) is 5.00. The molecular formula is C15H14BrClN2O3S3. The van der Waals surface area contributed by atoms with E-state index in [-0.39, 0.29) is 31.1 Å². The highest BCUT2D eigenvalue weighted by molar-refractivity contribution is 9.10. The van der Waals surface area contributed by atoms with Crippen molar-refractivity contribution in [2.75, 3.05) is 4.72 Å². The molecule has 1 aromatic heterocycles. The number of anilines is 1. The third kappa shape index (κ3) is 3.90. The van der Waals surface area contributed by atoms with Crippen LogP contribution in [0.4, 0.5) is 5.13 Å². The number of thiazole rings is 1. The SMILES string of the molecule is CC1(C)CC(=O)c2sc(NS(=O)(=O)C3=CC(Cl)=CC(Br)C3=S)nc2C1. The van der Waals surface area contributed by atoms with E-state index in [4.69, 9.17) is 23.8 Å². The van der Waals surface area contributed by atoms with Gasteiger partial charge in [0, 0.05) is 11.5 Å². The monoisotopic (exact) mass is 480 g/mol. The van der Waals surface area contributed by atoms with Gasteiger partial charge in [0.15, 0.2) is 10.9 Å². The summed E-state index contributed by atoms with van der Waals surface area (Å²) in [6, 6.07) is 0. The molecule has 0 saturated heterocycles. The van der Waals surface area contributed by atoms with Crippen molar-refractivity contribution >= 4 is 76.9 Å². The van der Waals surface area contributed by atoms with Gasteiger partial charge in [-0.2, -0.15) is 0 Å². The predicted octanol–water partition coefficient (Wildman–Crippen LogP) is 4.19. The molecule has 0 radical (unpaired) electrons. The highest BCUT2D eigenvalue weighted by atomic mass is 79.9. The number of carbonyl (C=O) groups excluding carboxylic acids is 1. The van der Waals surface area contributed by atoms with E-state index in [2.05, 4.69) is 25.6 Å². The first-order valence-corrected chi connectivity index (χ1v) is 11.3. The van der Waals surface area contributed by atoms with Gasteiger partial charge in [-0.25, -0.2) is 13.4 Å². The van der Waals surface area contributed by atoms with E-state index < -0.39 is 14.9 Å². The Bertz CT molecular complexity index is 947. The highest BCUT2D eigenvalue weighted by Crippen LogP contribution is 2.39. The summed E-state index contributed by atoms with van der Waals surface area (Å²) in [6.07, 6.45) is 3.98. The fraction of sp³-hybridized carbons (Fsp3) is 0.400. The normalized spacial score (nSPS) is 23.0. The minimum absolute atomic E-state index is 0.00639. The van der Waals surface area contributed by atoms with Crippen LogP contribution in [-0.2, 0) is 16.4 Å². The van der Waals surface area contributed by atoms with E-state index in [1.54, 1.807) is 6.08 Å². The molecule has 1 unspecified atom stereocenters. The second kappa shape index (κ2) is 6.53. The molecule has 1 atom stereocenters. The molecule has 0 saturated carbocycles. The van der Waals surface area contributed by atoms with Gasteiger partial charge >= 0.3 is 0 Å². The first-order chi connectivity index (χ1) is 11.5. The summed E-state index contributed by atoms with van der Waals surface area (Å²) in [7, 11) is -3.95. The molecule has 0 spiro atoms. The van der Waals surface area contributed by atoms with Gasteiger partial charge in [-0.15, -0.1) is 0 Å². The van der Waals surface area contributed by atoms with Crippen molar-refractivity contribution in [3.63, 3.8) is 0 Å². The summed E-state index contributed by atoms with van der Waals surface area (Å²) in [4.78, 5) is 16.8. The summed E-state index contributed by atoms with van der Waals surface area (Å²) in [6.45, 7) is 3.99. The Balaban J connectivity index is 1.92. The number of nitrogens with zero attached hydrogens (tertiary/aromatic N) is 1. The van der Waals surface area contributed by atoms with Crippen LogP contribution in [0, 0.1) is 5.41 Å². The van der Waals surface area contributed by atoms with Crippen LogP contribution in [0.15, 0.2) is 22.1 Å². The Morgan fingerprint density at radius 2 is 2.12 bits per heavy atom. The first kappa shape index (κ1) is 19.2. The molecule has 0 amide bonds. The lowest BCUT2D eigenvalue weighted by Crippen LogP contribution is -2.26. The minimum atomic E-state index is -3.95. The van der Waals surface area contributed by atoms with Crippen LogP contribution in [0.25, 0.3) is 0 Å². The Labute approximate surface area is 168 Å². The molecule has 3 rings (SSSR count). The number of allylic oxidation sites excluding steroid dienone is 4. The molecule has 25 heavy (non-hydrogen) atoms. The summed E-state index contributed by atoms with van der Waals surface area (Å²) in [5, 5.41) is 0.447. The zero-order chi connectivity index (χ0) is 18.6. The van der Waals surface area contributed by atoms with E-state index in [1.807, 2.05) is 13.8 Å². The van der Waals surface area contributed by atoms with Crippen LogP contribution >= 0.6 is 51.1 Å². The largest absolute Gasteiger partial charge is 0.293 e. The summed E-state index contributed by atoms with van der Waals surface area (Å²) < 4.78 is 27.8. The number of thiocarbonyl (C=S) groups is 1. The van der Waals surface area contributed by atoms with Crippen LogP contribution in [0.3, 0.4) is 0 Å². The molecular weight excluding hydrogens is 468 g/mol. The summed E-state index contributed by atoms with van der Waals surface area (Å²) in [5.41, 5.74) is 0.462. The van der Waals surface area contributed by atoms with Crippen LogP contribution < -0.4 is 4.72 Å². The number of carbonyl (C=O) groups is 1. The Hall–Kier alpha value is -0.610. The minimum Gasteiger partial charge on any atom is -0.293 e. The number of fused-ring (bicyclic) bond motifs is 1. The van der Waals surface area contributed by atoms with Gasteiger partial charge in [0.25, 0.3) is 10.0 Å². The van der Waals surface area contributed by atoms with Crippen LogP contribution in [-0.4, -0.2) is 28.9 Å². The topological polar surface area (TPSA) is 76.1 Å². The van der Waals surface area contributed by atoms with Gasteiger partial charge in [-0.3, -0.25) is 9.52 Å². The van der Waals surface area contributed by atoms with Crippen molar-refractivity contribution in [3.8, 4) is 0 Å². The molecule has 0 aromatic carbocycles. The number of Topliss-reactive ketones (excluding diaryl/α,β-unsaturated/α-hetero) is 1. The van der Waals surface area contributed by atoms with E-state index in [0.717, 1.165) is 11.3 Å². The number of alkyl halides is 1. The molecule has 1 N–H and O–H groups in total. The predicted molar refractivity (Wildman–Crippen MR) is 108 cm³/mol. The number of hydrogen-bond donors (Lipinski definition) is 1. The number of ketones is 1. The van der Waals surface area contributed by atoms with Gasteiger partial charge in [-0.05, 0) is 24.0 Å². The van der Waals surface area contributed by atoms with Gasteiger partial charge in [0.1, 0.15) is 4.91 Å². The second-order valence-electron chi connectivity index (χ2n) is 6.67. The van der Waals surface area contributed by atoms with E-state index in [9.17, 15) is 13.2 Å². The molecule has 0 fully saturated rings. The first-order valence-electron chi connectivity index (χ1n) is 7.31. The van der Waals surface area contributed by atoms with Crippen LogP contribution in [0.1, 0.15) is 35.6 Å². The molecule has 10 heteroatoms. The maximum absolute atomic E-state index is 12.7. The molecule has 2 aliphatic rings. The lowest BCUT2D eigenvalue weighted by atomic mass is 9.78. The average molecular weight is 482 g/mol. The van der Waals surface area contributed by atoms with Crippen molar-refractivity contribution in [2.45, 2.75) is 31.5 Å². The molecule has 0 bridgehead atoms. The quantitative estimate of drug-likeness (QED) is 0.517. The molecule has 5 nitrogen and oxygen atoms in total. The molecule has 1 heterocycles. The van der Waals surface area contributed by atoms with Crippen molar-refractivity contribution in [1.29, 1.82) is 0 Å². The molecule has 0 aliphatic heterocycles. The number of nitrogens with one attached hydrogen (secondary N) is 1. The Morgan fingerprint density at radius 3 is 2.80 bits per heavy atom. The van der Waals surface area contributed by atoms with Gasteiger partial charge in [-0.1, -0.05) is 64.9 Å². The third-order valence-electron chi connectivity index (χ3n) is 3.81. The standard InChI is InChI=1S/C15H14BrClN2O3S3/c1-15(2)5-9-13(10(20)6-15)24-14(18-9)19-25(21,22)11-4-7(17)3-8(16)12(11)23/h3-4,8H,5-6H2,1-2H3,(H,18,19). The average Bonchev–Trinajstić information content (AvgIpc) is 2.83. The number of rotatable bonds is 3. The number of halogens is 2. The van der Waals surface area contributed by atoms with Crippen LogP contribution in [0.2, 0.25) is 0 Å². The lowest BCUT2D eigenvalue weighted by molar-refractivity contribution is 0.0916. The fourth-order valence-corrected chi connectivity index (χ4v) is 6.66. The smallest absolute Gasteiger partial charge is 0.264 e. The second-order valence-corrected chi connectivity index (χ2v) is 11.2. The Morgan fingerprint density at radius 1 is 1.44 bits per heavy atom. The van der Waals surface area contributed by atoms with Crippen LogP contribution in [0.5, 0.6) is 0 Å². The van der Waals surface area contributed by atoms with Gasteiger partial charge in [0.05, 0.1) is 20.3 Å². The summed E-state index contributed by atoms with van der Waals surface area (Å²) in [5.74, 6) is -0.00639. The molecule has 1 aromatic rings. The van der Waals surface area contributed by atoms with E-state index >= 15 is 0 Å². The molecule has 134 valence electrons. The maximum atomic E-state index is 12.7. The summed E-state index contributed by atoms with van der Waals surface area (Å²) >= 11 is 15.5. The van der Waals surface area contributed by atoms with E-state index in [0.29, 0.717) is 23.4 Å². The number of aromatic nitrogens is 1. The van der Waals surface area contributed by atoms with Crippen molar-refractivity contribution < 1.29 is 13.2 Å². The van der Waals surface area contributed by atoms with Gasteiger partial charge < -0.3 is 0 Å². The third-order valence-corrected chi connectivity index (χ3v) is 8.24. The number of sulfonamides is 1. The highest BCUT2D eigenvalue weighted by Gasteiger charge is 2.35. The molecule has 2 aliphatic carbocycles. The lowest BCUT2D eigenvalue weighted by Gasteiger charge is -2.26. The maximum Gasteiger partial charge on any atom is 0.264 e.